The SMILES string of the molecule is CC1CCNCCN1CC(F)(F)F. The van der Waals surface area contributed by atoms with Gasteiger partial charge in [-0.15, -0.1) is 0 Å². The molecule has 1 aliphatic rings. The van der Waals surface area contributed by atoms with Crippen molar-refractivity contribution in [2.45, 2.75) is 25.6 Å². The normalized spacial score (nSPS) is 27.2. The van der Waals surface area contributed by atoms with Crippen LogP contribution in [0.1, 0.15) is 13.3 Å². The van der Waals surface area contributed by atoms with Crippen LogP contribution in [0.5, 0.6) is 0 Å². The maximum Gasteiger partial charge on any atom is 0.401 e. The first-order valence-corrected chi connectivity index (χ1v) is 4.50. The second-order valence-corrected chi connectivity index (χ2v) is 3.47. The average Bonchev–Trinajstić information content (AvgIpc) is 2.14. The summed E-state index contributed by atoms with van der Waals surface area (Å²) in [5.74, 6) is 0. The molecule has 1 unspecified atom stereocenters. The Kier molecular flexibility index (Phi) is 3.55. The maximum absolute atomic E-state index is 12.1. The lowest BCUT2D eigenvalue weighted by molar-refractivity contribution is -0.149. The molecule has 0 bridgehead atoms. The van der Waals surface area contributed by atoms with Crippen molar-refractivity contribution in [2.24, 2.45) is 0 Å². The molecular weight excluding hydrogens is 181 g/mol. The number of hydrogen-bond acceptors (Lipinski definition) is 2. The Morgan fingerprint density at radius 3 is 2.69 bits per heavy atom. The largest absolute Gasteiger partial charge is 0.401 e. The molecule has 1 atom stereocenters. The highest BCUT2D eigenvalue weighted by Crippen LogP contribution is 2.19. The molecule has 1 fully saturated rings. The molecule has 0 amide bonds. The minimum atomic E-state index is -4.07. The Hall–Kier alpha value is -0.290. The summed E-state index contributed by atoms with van der Waals surface area (Å²) in [6.45, 7) is 3.02. The van der Waals surface area contributed by atoms with Crippen LogP contribution in [0.2, 0.25) is 0 Å². The molecule has 78 valence electrons. The minimum absolute atomic E-state index is 0.0247. The summed E-state index contributed by atoms with van der Waals surface area (Å²) in [4.78, 5) is 1.49. The van der Waals surface area contributed by atoms with Crippen LogP contribution in [0.4, 0.5) is 13.2 Å². The zero-order chi connectivity index (χ0) is 9.90. The molecule has 1 heterocycles. The van der Waals surface area contributed by atoms with Crippen LogP contribution in [-0.2, 0) is 0 Å². The van der Waals surface area contributed by atoms with E-state index >= 15 is 0 Å². The fourth-order valence-corrected chi connectivity index (χ4v) is 1.53. The summed E-state index contributed by atoms with van der Waals surface area (Å²) in [5, 5.41) is 3.08. The molecule has 0 aromatic carbocycles. The van der Waals surface area contributed by atoms with Crippen LogP contribution in [0.25, 0.3) is 0 Å². The first-order valence-electron chi connectivity index (χ1n) is 4.50. The zero-order valence-electron chi connectivity index (χ0n) is 7.69. The first kappa shape index (κ1) is 10.8. The molecule has 0 aliphatic carbocycles. The summed E-state index contributed by atoms with van der Waals surface area (Å²) in [5.41, 5.74) is 0. The van der Waals surface area contributed by atoms with E-state index in [2.05, 4.69) is 5.32 Å². The van der Waals surface area contributed by atoms with Gasteiger partial charge in [0.1, 0.15) is 0 Å². The highest BCUT2D eigenvalue weighted by atomic mass is 19.4. The van der Waals surface area contributed by atoms with Gasteiger partial charge in [-0.25, -0.2) is 0 Å². The van der Waals surface area contributed by atoms with Gasteiger partial charge in [0.2, 0.25) is 0 Å². The van der Waals surface area contributed by atoms with E-state index in [1.165, 1.54) is 4.90 Å². The van der Waals surface area contributed by atoms with Crippen molar-refractivity contribution >= 4 is 0 Å². The van der Waals surface area contributed by atoms with Gasteiger partial charge in [0, 0.05) is 19.1 Å². The Morgan fingerprint density at radius 2 is 2.08 bits per heavy atom. The van der Waals surface area contributed by atoms with E-state index in [-0.39, 0.29) is 6.04 Å². The van der Waals surface area contributed by atoms with E-state index in [1.807, 2.05) is 6.92 Å². The molecule has 0 radical (unpaired) electrons. The fraction of sp³-hybridized carbons (Fsp3) is 1.00. The van der Waals surface area contributed by atoms with Gasteiger partial charge >= 0.3 is 6.18 Å². The molecule has 0 spiro atoms. The molecule has 1 rings (SSSR count). The number of halogens is 3. The van der Waals surface area contributed by atoms with Crippen molar-refractivity contribution in [1.82, 2.24) is 10.2 Å². The number of nitrogens with zero attached hydrogens (tertiary/aromatic N) is 1. The van der Waals surface area contributed by atoms with Gasteiger partial charge in [0.05, 0.1) is 6.54 Å². The lowest BCUT2D eigenvalue weighted by Crippen LogP contribution is -2.41. The minimum Gasteiger partial charge on any atom is -0.315 e. The second kappa shape index (κ2) is 4.28. The summed E-state index contributed by atoms with van der Waals surface area (Å²) >= 11 is 0. The Bertz CT molecular complexity index is 158. The second-order valence-electron chi connectivity index (χ2n) is 3.47. The molecular formula is C8H15F3N2. The van der Waals surface area contributed by atoms with Gasteiger partial charge in [-0.3, -0.25) is 4.90 Å². The molecule has 1 aliphatic heterocycles. The van der Waals surface area contributed by atoms with Crippen LogP contribution >= 0.6 is 0 Å². The van der Waals surface area contributed by atoms with E-state index in [0.717, 1.165) is 13.0 Å². The highest BCUT2D eigenvalue weighted by molar-refractivity contribution is 4.75. The van der Waals surface area contributed by atoms with Crippen molar-refractivity contribution in [3.63, 3.8) is 0 Å². The zero-order valence-corrected chi connectivity index (χ0v) is 7.69. The van der Waals surface area contributed by atoms with E-state index in [9.17, 15) is 13.2 Å². The molecule has 1 N–H and O–H groups in total. The third-order valence-electron chi connectivity index (χ3n) is 2.32. The van der Waals surface area contributed by atoms with Crippen LogP contribution < -0.4 is 5.32 Å². The van der Waals surface area contributed by atoms with Gasteiger partial charge < -0.3 is 5.32 Å². The lowest BCUT2D eigenvalue weighted by Gasteiger charge is -2.27. The van der Waals surface area contributed by atoms with Gasteiger partial charge in [0.15, 0.2) is 0 Å². The van der Waals surface area contributed by atoms with Crippen molar-refractivity contribution in [3.05, 3.63) is 0 Å². The number of nitrogens with one attached hydrogen (secondary N) is 1. The summed E-state index contributed by atoms with van der Waals surface area (Å²) in [6, 6.07) is 0.0247. The quantitative estimate of drug-likeness (QED) is 0.678. The third-order valence-corrected chi connectivity index (χ3v) is 2.32. The van der Waals surface area contributed by atoms with Crippen LogP contribution in [0.3, 0.4) is 0 Å². The molecule has 5 heteroatoms. The summed E-state index contributed by atoms with van der Waals surface area (Å²) < 4.78 is 36.3. The van der Waals surface area contributed by atoms with Crippen molar-refractivity contribution in [2.75, 3.05) is 26.2 Å². The highest BCUT2D eigenvalue weighted by Gasteiger charge is 2.32. The molecule has 0 saturated carbocycles. The van der Waals surface area contributed by atoms with Gasteiger partial charge in [-0.1, -0.05) is 0 Å². The van der Waals surface area contributed by atoms with Gasteiger partial charge in [0.25, 0.3) is 0 Å². The number of alkyl halides is 3. The van der Waals surface area contributed by atoms with Crippen molar-refractivity contribution in [1.29, 1.82) is 0 Å². The smallest absolute Gasteiger partial charge is 0.315 e. The van der Waals surface area contributed by atoms with Crippen LogP contribution in [0.15, 0.2) is 0 Å². The van der Waals surface area contributed by atoms with Gasteiger partial charge in [-0.2, -0.15) is 13.2 Å². The fourth-order valence-electron chi connectivity index (χ4n) is 1.53. The summed E-state index contributed by atoms with van der Waals surface area (Å²) in [7, 11) is 0. The standard InChI is InChI=1S/C8H15F3N2/c1-7-2-3-12-4-5-13(7)6-8(9,10)11/h7,12H,2-6H2,1H3. The topological polar surface area (TPSA) is 15.3 Å². The third kappa shape index (κ3) is 3.95. The summed E-state index contributed by atoms with van der Waals surface area (Å²) in [6.07, 6.45) is -3.28. The predicted octanol–water partition coefficient (Wildman–Crippen LogP) is 1.23. The van der Waals surface area contributed by atoms with E-state index in [4.69, 9.17) is 0 Å². The molecule has 2 nitrogen and oxygen atoms in total. The van der Waals surface area contributed by atoms with E-state index in [0.29, 0.717) is 13.1 Å². The lowest BCUT2D eigenvalue weighted by atomic mass is 10.2. The average molecular weight is 196 g/mol. The molecule has 0 aromatic heterocycles. The van der Waals surface area contributed by atoms with Crippen LogP contribution in [-0.4, -0.2) is 43.3 Å². The Labute approximate surface area is 76.1 Å². The van der Waals surface area contributed by atoms with E-state index < -0.39 is 12.7 Å². The first-order chi connectivity index (χ1) is 5.99. The van der Waals surface area contributed by atoms with Crippen LogP contribution in [0, 0.1) is 0 Å². The maximum atomic E-state index is 12.1. The molecule has 1 saturated heterocycles. The predicted molar refractivity (Wildman–Crippen MR) is 44.6 cm³/mol. The van der Waals surface area contributed by atoms with Crippen molar-refractivity contribution in [3.8, 4) is 0 Å². The number of rotatable bonds is 1. The van der Waals surface area contributed by atoms with Gasteiger partial charge in [-0.05, 0) is 19.9 Å². The monoisotopic (exact) mass is 196 g/mol. The Morgan fingerprint density at radius 1 is 1.38 bits per heavy atom. The van der Waals surface area contributed by atoms with E-state index in [1.54, 1.807) is 0 Å². The molecule has 13 heavy (non-hydrogen) atoms. The Balaban J connectivity index is 2.45. The number of hydrogen-bond donors (Lipinski definition) is 1. The molecule has 0 aromatic rings. The van der Waals surface area contributed by atoms with Crippen molar-refractivity contribution < 1.29 is 13.2 Å².